The Kier molecular flexibility index (Phi) is 4.78. The van der Waals surface area contributed by atoms with Gasteiger partial charge in [0, 0.05) is 10.8 Å². The van der Waals surface area contributed by atoms with Gasteiger partial charge in [-0.15, -0.1) is 0 Å². The molecule has 0 spiro atoms. The average molecular weight is 246 g/mol. The molecule has 15 heavy (non-hydrogen) atoms. The van der Waals surface area contributed by atoms with Gasteiger partial charge in [-0.2, -0.15) is 11.8 Å². The molecule has 1 aromatic carbocycles. The molecule has 0 radical (unpaired) electrons. The van der Waals surface area contributed by atoms with E-state index in [4.69, 9.17) is 16.7 Å². The van der Waals surface area contributed by atoms with Crippen LogP contribution in [0.1, 0.15) is 11.6 Å². The molecular weight excluding hydrogens is 234 g/mol. The second-order valence-corrected chi connectivity index (χ2v) is 4.30. The van der Waals surface area contributed by atoms with Gasteiger partial charge >= 0.3 is 6.09 Å². The quantitative estimate of drug-likeness (QED) is 0.857. The fourth-order valence-electron chi connectivity index (χ4n) is 1.28. The monoisotopic (exact) mass is 245 g/mol. The van der Waals surface area contributed by atoms with Crippen LogP contribution >= 0.6 is 23.4 Å². The van der Waals surface area contributed by atoms with Crippen LogP contribution in [0.4, 0.5) is 4.79 Å². The van der Waals surface area contributed by atoms with Gasteiger partial charge in [-0.25, -0.2) is 4.79 Å². The van der Waals surface area contributed by atoms with Crippen LogP contribution in [0.3, 0.4) is 0 Å². The van der Waals surface area contributed by atoms with Crippen LogP contribution in [-0.2, 0) is 0 Å². The summed E-state index contributed by atoms with van der Waals surface area (Å²) in [6, 6.07) is 7.00. The fraction of sp³-hybridized carbons (Fsp3) is 0.300. The molecule has 1 rings (SSSR count). The van der Waals surface area contributed by atoms with Crippen LogP contribution in [0.2, 0.25) is 5.02 Å². The maximum absolute atomic E-state index is 10.6. The van der Waals surface area contributed by atoms with Gasteiger partial charge in [0.15, 0.2) is 0 Å². The number of hydrogen-bond acceptors (Lipinski definition) is 2. The van der Waals surface area contributed by atoms with Crippen molar-refractivity contribution in [2.75, 3.05) is 12.0 Å². The first kappa shape index (κ1) is 12.2. The molecule has 0 saturated heterocycles. The summed E-state index contributed by atoms with van der Waals surface area (Å²) in [6.45, 7) is 0. The molecule has 5 heteroatoms. The highest BCUT2D eigenvalue weighted by molar-refractivity contribution is 7.98. The summed E-state index contributed by atoms with van der Waals surface area (Å²) in [5.41, 5.74) is 0.816. The van der Waals surface area contributed by atoms with Crippen molar-refractivity contribution in [3.8, 4) is 0 Å². The van der Waals surface area contributed by atoms with Gasteiger partial charge in [0.25, 0.3) is 0 Å². The van der Waals surface area contributed by atoms with Gasteiger partial charge in [0.2, 0.25) is 0 Å². The standard InChI is InChI=1S/C10H12ClNO2S/c1-15-6-9(12-10(13)14)7-4-2-3-5-8(7)11/h2-5,9,12H,6H2,1H3,(H,13,14). The molecule has 1 amide bonds. The van der Waals surface area contributed by atoms with E-state index in [1.165, 1.54) is 0 Å². The van der Waals surface area contributed by atoms with E-state index in [-0.39, 0.29) is 6.04 Å². The first-order valence-corrected chi connectivity index (χ1v) is 6.15. The predicted molar refractivity (Wildman–Crippen MR) is 63.7 cm³/mol. The summed E-state index contributed by atoms with van der Waals surface area (Å²) in [7, 11) is 0. The zero-order valence-corrected chi connectivity index (χ0v) is 9.81. The summed E-state index contributed by atoms with van der Waals surface area (Å²) in [5.74, 6) is 0.663. The van der Waals surface area contributed by atoms with E-state index in [2.05, 4.69) is 5.32 Å². The number of nitrogens with one attached hydrogen (secondary N) is 1. The highest BCUT2D eigenvalue weighted by Gasteiger charge is 2.15. The van der Waals surface area contributed by atoms with Crippen molar-refractivity contribution in [3.63, 3.8) is 0 Å². The summed E-state index contributed by atoms with van der Waals surface area (Å²) >= 11 is 7.57. The van der Waals surface area contributed by atoms with Crippen molar-refractivity contribution in [1.82, 2.24) is 5.32 Å². The van der Waals surface area contributed by atoms with Crippen molar-refractivity contribution in [2.24, 2.45) is 0 Å². The number of hydrogen-bond donors (Lipinski definition) is 2. The van der Waals surface area contributed by atoms with E-state index in [0.717, 1.165) is 5.56 Å². The molecule has 82 valence electrons. The smallest absolute Gasteiger partial charge is 0.405 e. The van der Waals surface area contributed by atoms with Gasteiger partial charge in [0.05, 0.1) is 6.04 Å². The number of carboxylic acid groups (broad SMARTS) is 1. The summed E-state index contributed by atoms with van der Waals surface area (Å²) in [6.07, 6.45) is 0.891. The Bertz CT molecular complexity index is 346. The number of benzene rings is 1. The van der Waals surface area contributed by atoms with E-state index >= 15 is 0 Å². The zero-order valence-electron chi connectivity index (χ0n) is 8.24. The molecule has 0 aliphatic carbocycles. The maximum atomic E-state index is 10.6. The fourth-order valence-corrected chi connectivity index (χ4v) is 2.15. The number of halogens is 1. The number of rotatable bonds is 4. The lowest BCUT2D eigenvalue weighted by Crippen LogP contribution is -2.28. The Hall–Kier alpha value is -0.870. The molecule has 0 heterocycles. The number of carbonyl (C=O) groups is 1. The van der Waals surface area contributed by atoms with Crippen LogP contribution in [0.5, 0.6) is 0 Å². The molecule has 1 unspecified atom stereocenters. The Morgan fingerprint density at radius 2 is 2.27 bits per heavy atom. The lowest BCUT2D eigenvalue weighted by atomic mass is 10.1. The largest absolute Gasteiger partial charge is 0.465 e. The molecular formula is C10H12ClNO2S. The lowest BCUT2D eigenvalue weighted by Gasteiger charge is -2.17. The summed E-state index contributed by atoms with van der Waals surface area (Å²) < 4.78 is 0. The molecule has 0 saturated carbocycles. The number of amides is 1. The van der Waals surface area contributed by atoms with Gasteiger partial charge in [0.1, 0.15) is 0 Å². The van der Waals surface area contributed by atoms with Crippen LogP contribution in [0.25, 0.3) is 0 Å². The topological polar surface area (TPSA) is 49.3 Å². The Balaban J connectivity index is 2.88. The minimum atomic E-state index is -1.03. The SMILES string of the molecule is CSCC(NC(=O)O)c1ccccc1Cl. The van der Waals surface area contributed by atoms with Gasteiger partial charge in [-0.1, -0.05) is 29.8 Å². The number of thioether (sulfide) groups is 1. The van der Waals surface area contributed by atoms with Crippen molar-refractivity contribution in [3.05, 3.63) is 34.9 Å². The molecule has 0 fully saturated rings. The highest BCUT2D eigenvalue weighted by atomic mass is 35.5. The molecule has 1 atom stereocenters. The summed E-state index contributed by atoms with van der Waals surface area (Å²) in [5, 5.41) is 11.7. The lowest BCUT2D eigenvalue weighted by molar-refractivity contribution is 0.191. The highest BCUT2D eigenvalue weighted by Crippen LogP contribution is 2.24. The Morgan fingerprint density at radius 1 is 1.60 bits per heavy atom. The second-order valence-electron chi connectivity index (χ2n) is 2.98. The molecule has 2 N–H and O–H groups in total. The van der Waals surface area contributed by atoms with Gasteiger partial charge < -0.3 is 10.4 Å². The van der Waals surface area contributed by atoms with Crippen LogP contribution < -0.4 is 5.32 Å². The molecule has 1 aromatic rings. The van der Waals surface area contributed by atoms with Gasteiger partial charge in [-0.05, 0) is 17.9 Å². The van der Waals surface area contributed by atoms with E-state index in [9.17, 15) is 4.79 Å². The van der Waals surface area contributed by atoms with Crippen molar-refractivity contribution >= 4 is 29.5 Å². The minimum Gasteiger partial charge on any atom is -0.465 e. The van der Waals surface area contributed by atoms with E-state index in [1.807, 2.05) is 24.5 Å². The molecule has 0 bridgehead atoms. The third kappa shape index (κ3) is 3.64. The van der Waals surface area contributed by atoms with E-state index in [1.54, 1.807) is 17.8 Å². The van der Waals surface area contributed by atoms with E-state index < -0.39 is 6.09 Å². The van der Waals surface area contributed by atoms with Crippen LogP contribution in [0, 0.1) is 0 Å². The Morgan fingerprint density at radius 3 is 2.80 bits per heavy atom. The first-order chi connectivity index (χ1) is 7.15. The van der Waals surface area contributed by atoms with Crippen molar-refractivity contribution in [1.29, 1.82) is 0 Å². The predicted octanol–water partition coefficient (Wildman–Crippen LogP) is 3.01. The normalized spacial score (nSPS) is 12.1. The third-order valence-electron chi connectivity index (χ3n) is 1.91. The van der Waals surface area contributed by atoms with Gasteiger partial charge in [-0.3, -0.25) is 0 Å². The molecule has 0 aromatic heterocycles. The molecule has 3 nitrogen and oxygen atoms in total. The maximum Gasteiger partial charge on any atom is 0.405 e. The first-order valence-electron chi connectivity index (χ1n) is 4.38. The Labute approximate surface area is 97.8 Å². The van der Waals surface area contributed by atoms with Crippen molar-refractivity contribution < 1.29 is 9.90 Å². The second kappa shape index (κ2) is 5.88. The molecule has 0 aliphatic rings. The summed E-state index contributed by atoms with van der Waals surface area (Å²) in [4.78, 5) is 10.6. The third-order valence-corrected chi connectivity index (χ3v) is 2.92. The minimum absolute atomic E-state index is 0.258. The molecule has 0 aliphatic heterocycles. The zero-order chi connectivity index (χ0) is 11.3. The average Bonchev–Trinajstić information content (AvgIpc) is 2.17. The van der Waals surface area contributed by atoms with Crippen LogP contribution in [0.15, 0.2) is 24.3 Å². The van der Waals surface area contributed by atoms with Crippen LogP contribution in [-0.4, -0.2) is 23.2 Å². The van der Waals surface area contributed by atoms with E-state index in [0.29, 0.717) is 10.8 Å². The van der Waals surface area contributed by atoms with Crippen molar-refractivity contribution in [2.45, 2.75) is 6.04 Å².